The fourth-order valence-corrected chi connectivity index (χ4v) is 12.2. The molecule has 0 saturated carbocycles. The topological polar surface area (TPSA) is 40.1 Å². The minimum absolute atomic E-state index is 0.00116. The van der Waals surface area contributed by atoms with Gasteiger partial charge in [-0.05, 0) is 6.07 Å². The van der Waals surface area contributed by atoms with E-state index in [0.29, 0.717) is 43.3 Å². The first-order valence-corrected chi connectivity index (χ1v) is 27.0. The molecule has 8 heteroatoms. The summed E-state index contributed by atoms with van der Waals surface area (Å²) >= 11 is 2.29. The molecule has 0 radical (unpaired) electrons. The third-order valence-electron chi connectivity index (χ3n) is 14.5. The molecule has 0 amide bonds. The van der Waals surface area contributed by atoms with Crippen molar-refractivity contribution >= 4 is 56.8 Å². The Morgan fingerprint density at radius 3 is 2.05 bits per heavy atom. The van der Waals surface area contributed by atoms with Crippen LogP contribution in [0.1, 0.15) is 65.0 Å². The van der Waals surface area contributed by atoms with Crippen molar-refractivity contribution in [3.63, 3.8) is 0 Å². The number of pyridine rings is 1. The van der Waals surface area contributed by atoms with Crippen molar-refractivity contribution in [3.8, 4) is 56.4 Å². The number of benzene rings is 9. The number of imidazole rings is 1. The summed E-state index contributed by atoms with van der Waals surface area (Å²) < 4.78 is 105. The van der Waals surface area contributed by atoms with Gasteiger partial charge in [0.2, 0.25) is 0 Å². The summed E-state index contributed by atoms with van der Waals surface area (Å²) in [6.45, 7) is 7.08. The van der Waals surface area contributed by atoms with Gasteiger partial charge in [-0.2, -0.15) is 0 Å². The van der Waals surface area contributed by atoms with E-state index in [-0.39, 0.29) is 40.3 Å². The maximum absolute atomic E-state index is 9.47. The number of fused-ring (bicyclic) bond motifs is 4. The van der Waals surface area contributed by atoms with E-state index in [0.717, 1.165) is 60.7 Å². The van der Waals surface area contributed by atoms with Gasteiger partial charge in [0.15, 0.2) is 0 Å². The molecule has 3 aromatic heterocycles. The summed E-state index contributed by atoms with van der Waals surface area (Å²) in [5, 5.41) is 2.14. The summed E-state index contributed by atoms with van der Waals surface area (Å²) in [5.41, 5.74) is 11.1. The Morgan fingerprint density at radius 2 is 1.30 bits per heavy atom. The maximum atomic E-state index is 9.47. The SMILES string of the molecule is [2H]c1c([2H])c([2H])c(-c2cccc(-c3ccc(C(C)(C)C)cc3)c2-n2[c](=[Pt])n(-c3ccc(-c4ccccc4C([2H])([2H])C(C)C)c(Oc4cc(C([2H])([2H])[2H])cc(N5B(c6ccccc6)n6c7ccccc7c7cccc5c76)n4)c3)c3ccccc32)c([2H])c1[2H]. The molecule has 0 atom stereocenters. The predicted molar refractivity (Wildman–Crippen MR) is 317 cm³/mol. The molecule has 6 nitrogen and oxygen atoms in total. The van der Waals surface area contributed by atoms with Crippen molar-refractivity contribution < 1.29 is 37.8 Å². The second-order valence-corrected chi connectivity index (χ2v) is 21.8. The van der Waals surface area contributed by atoms with Crippen molar-refractivity contribution in [2.75, 3.05) is 4.81 Å². The Bertz CT molecular complexity index is 4790. The molecule has 0 bridgehead atoms. The average molecular weight is 1190 g/mol. The Balaban J connectivity index is 1.05. The summed E-state index contributed by atoms with van der Waals surface area (Å²) in [5.74, 6) is 0.187. The van der Waals surface area contributed by atoms with Gasteiger partial charge in [-0.1, -0.05) is 60.7 Å². The molecule has 0 aliphatic carbocycles. The second kappa shape index (κ2) is 19.4. The van der Waals surface area contributed by atoms with E-state index >= 15 is 0 Å². The first-order chi connectivity index (χ1) is 41.5. The van der Waals surface area contributed by atoms with E-state index in [4.69, 9.17) is 17.9 Å². The number of anilines is 2. The zero-order valence-corrected chi connectivity index (χ0v) is 45.4. The van der Waals surface area contributed by atoms with Gasteiger partial charge in [-0.3, -0.25) is 0 Å². The molecule has 13 rings (SSSR count). The third-order valence-corrected chi connectivity index (χ3v) is 15.5. The fourth-order valence-electron chi connectivity index (χ4n) is 11.1. The van der Waals surface area contributed by atoms with Gasteiger partial charge in [0.25, 0.3) is 0 Å². The standard InChI is InChI=1S/C69H58BN5O.Pt/c1-46(2)41-50-23-13-14-26-54(50)58-40-39-53(72-45-73(62-33-18-17-32-61(62)72)67-55(48-21-9-7-10-22-48)28-19-29-56(67)49-35-37-51(38-36-49)69(4,5)6)44-64(58)76-66-43-47(3)42-65(71-66)74-63-34-20-30-59-57-27-15-16-31-60(57)75(68(59)63)70(74)52-24-11-8-12-25-52;/h7-40,42-44,46H,41H2,1-6H3;/i3D3,7D,9D,10D,21D,22D,41D2;. The van der Waals surface area contributed by atoms with Crippen LogP contribution in [-0.2, 0) is 31.1 Å². The fraction of sp³-hybridized carbons (Fsp3) is 0.130. The number of aromatic nitrogens is 4. The van der Waals surface area contributed by atoms with Gasteiger partial charge in [0.05, 0.1) is 0 Å². The van der Waals surface area contributed by atoms with Crippen LogP contribution in [0.5, 0.6) is 11.6 Å². The van der Waals surface area contributed by atoms with E-state index in [1.807, 2.05) is 129 Å². The average Bonchev–Trinajstić information content (AvgIpc) is 2.74. The Hall–Kier alpha value is -8.25. The monoisotopic (exact) mass is 1190 g/mol. The van der Waals surface area contributed by atoms with Crippen LogP contribution in [0.15, 0.2) is 224 Å². The quantitative estimate of drug-likeness (QED) is 0.121. The molecule has 4 heterocycles. The molecule has 12 aromatic rings. The van der Waals surface area contributed by atoms with Gasteiger partial charge in [-0.15, -0.1) is 0 Å². The van der Waals surface area contributed by atoms with Gasteiger partial charge in [-0.25, -0.2) is 0 Å². The summed E-state index contributed by atoms with van der Waals surface area (Å²) in [6, 6.07) is 60.5. The first kappa shape index (κ1) is 38.3. The van der Waals surface area contributed by atoms with Crippen molar-refractivity contribution in [1.29, 1.82) is 0 Å². The molecule has 9 aromatic carbocycles. The Morgan fingerprint density at radius 1 is 0.636 bits per heavy atom. The zero-order chi connectivity index (χ0) is 61.2. The van der Waals surface area contributed by atoms with Crippen LogP contribution in [0.2, 0.25) is 0 Å². The number of ether oxygens (including phenoxy) is 1. The number of aryl methyl sites for hydroxylation is 1. The van der Waals surface area contributed by atoms with Gasteiger partial charge in [0.1, 0.15) is 0 Å². The predicted octanol–water partition coefficient (Wildman–Crippen LogP) is 17.0. The second-order valence-electron chi connectivity index (χ2n) is 20.8. The van der Waals surface area contributed by atoms with Crippen molar-refractivity contribution in [2.45, 2.75) is 53.3 Å². The molecule has 0 N–H and O–H groups in total. The number of nitrogens with zero attached hydrogens (tertiary/aromatic N) is 5. The molecule has 1 aliphatic heterocycles. The summed E-state index contributed by atoms with van der Waals surface area (Å²) in [7, 11) is 0. The first-order valence-electron chi connectivity index (χ1n) is 30.8. The number of hydrogen-bond donors (Lipinski definition) is 0. The number of para-hydroxylation sites is 5. The van der Waals surface area contributed by atoms with Gasteiger partial charge >= 0.3 is 395 Å². The van der Waals surface area contributed by atoms with Gasteiger partial charge < -0.3 is 0 Å². The Kier molecular flexibility index (Phi) is 9.65. The van der Waals surface area contributed by atoms with Crippen LogP contribution in [0.3, 0.4) is 0 Å². The molecule has 77 heavy (non-hydrogen) atoms. The third kappa shape index (κ3) is 8.49. The number of hydrogen-bond acceptors (Lipinski definition) is 3. The van der Waals surface area contributed by atoms with E-state index < -0.39 is 44.3 Å². The minimum atomic E-state index is -2.61. The van der Waals surface area contributed by atoms with Gasteiger partial charge in [0, 0.05) is 16.3 Å². The molecular formula is C69H58BN5OPt. The molecule has 0 fully saturated rings. The van der Waals surface area contributed by atoms with E-state index in [2.05, 4.69) is 113 Å². The van der Waals surface area contributed by atoms with Crippen LogP contribution < -0.4 is 15.0 Å². The molecule has 0 saturated heterocycles. The van der Waals surface area contributed by atoms with Crippen molar-refractivity contribution in [1.82, 2.24) is 18.6 Å². The van der Waals surface area contributed by atoms with Crippen LogP contribution in [-0.4, -0.2) is 25.6 Å². The molecule has 378 valence electrons. The summed E-state index contributed by atoms with van der Waals surface area (Å²) in [6.07, 6.45) is -1.79. The molecular weight excluding hydrogens is 1120 g/mol. The zero-order valence-electron chi connectivity index (χ0n) is 53.1. The van der Waals surface area contributed by atoms with Crippen molar-refractivity contribution in [2.24, 2.45) is 5.92 Å². The van der Waals surface area contributed by atoms with Crippen LogP contribution >= 0.6 is 0 Å². The van der Waals surface area contributed by atoms with Crippen LogP contribution in [0, 0.1) is 16.6 Å². The van der Waals surface area contributed by atoms with Crippen LogP contribution in [0.4, 0.5) is 11.5 Å². The Labute approximate surface area is 476 Å². The van der Waals surface area contributed by atoms with Crippen LogP contribution in [0.25, 0.3) is 77.6 Å². The van der Waals surface area contributed by atoms with E-state index in [1.165, 1.54) is 6.07 Å². The van der Waals surface area contributed by atoms with E-state index in [1.54, 1.807) is 18.2 Å². The normalized spacial score (nSPS) is 14.7. The summed E-state index contributed by atoms with van der Waals surface area (Å²) in [4.78, 5) is 7.37. The molecule has 0 unspecified atom stereocenters. The van der Waals surface area contributed by atoms with Crippen molar-refractivity contribution in [3.05, 3.63) is 245 Å². The molecule has 1 aliphatic rings. The molecule has 0 spiro atoms. The van der Waals surface area contributed by atoms with E-state index in [9.17, 15) is 5.48 Å². The number of rotatable bonds is 11.